The summed E-state index contributed by atoms with van der Waals surface area (Å²) in [4.78, 5) is 30.1. The van der Waals surface area contributed by atoms with Crippen LogP contribution >= 0.6 is 0 Å². The summed E-state index contributed by atoms with van der Waals surface area (Å²) >= 11 is 0. The number of aryl methyl sites for hydroxylation is 2. The molecule has 1 aliphatic rings. The number of amides is 1. The minimum Gasteiger partial charge on any atom is -0.507 e. The molecule has 3 aromatic carbocycles. The molecule has 1 aliphatic heterocycles. The topological polar surface area (TPSA) is 70.1 Å². The first-order valence-corrected chi connectivity index (χ1v) is 11.0. The van der Waals surface area contributed by atoms with Gasteiger partial charge in [-0.25, -0.2) is 0 Å². The van der Waals surface area contributed by atoms with Crippen LogP contribution in [0.5, 0.6) is 5.75 Å². The van der Waals surface area contributed by atoms with Gasteiger partial charge in [-0.2, -0.15) is 0 Å². The summed E-state index contributed by atoms with van der Waals surface area (Å²) in [6.07, 6.45) is 0. The minimum atomic E-state index is -0.758. The van der Waals surface area contributed by atoms with E-state index in [1.807, 2.05) is 81.4 Å². The number of benzene rings is 3. The normalized spacial score (nSPS) is 17.2. The fourth-order valence-electron chi connectivity index (χ4n) is 4.34. The first-order chi connectivity index (χ1) is 16.2. The van der Waals surface area contributed by atoms with E-state index in [0.717, 1.165) is 22.4 Å². The summed E-state index contributed by atoms with van der Waals surface area (Å²) in [5.74, 6) is -0.934. The van der Waals surface area contributed by atoms with Gasteiger partial charge < -0.3 is 14.7 Å². The summed E-state index contributed by atoms with van der Waals surface area (Å²) < 4.78 is 5.27. The summed E-state index contributed by atoms with van der Waals surface area (Å²) in [6, 6.07) is 19.5. The number of anilines is 2. The lowest BCUT2D eigenvalue weighted by molar-refractivity contribution is -0.132. The highest BCUT2D eigenvalue weighted by Gasteiger charge is 2.47. The van der Waals surface area contributed by atoms with Crippen molar-refractivity contribution in [1.82, 2.24) is 0 Å². The molecule has 3 aromatic rings. The third-order valence-corrected chi connectivity index (χ3v) is 6.14. The van der Waals surface area contributed by atoms with E-state index in [-0.39, 0.29) is 11.3 Å². The number of aliphatic hydroxyl groups is 1. The number of carbonyl (C=O) groups is 2. The van der Waals surface area contributed by atoms with Crippen LogP contribution in [0, 0.1) is 13.8 Å². The lowest BCUT2D eigenvalue weighted by atomic mass is 9.93. The van der Waals surface area contributed by atoms with Crippen molar-refractivity contribution in [2.75, 3.05) is 31.0 Å². The first kappa shape index (κ1) is 23.1. The molecule has 1 unspecified atom stereocenters. The number of Topliss-reactive ketones (excluding diaryl/α,β-unsaturated/α-hetero) is 1. The molecule has 174 valence electrons. The number of ether oxygens (including phenoxy) is 1. The lowest BCUT2D eigenvalue weighted by Crippen LogP contribution is -2.29. The molecule has 1 amide bonds. The van der Waals surface area contributed by atoms with Crippen LogP contribution in [0.1, 0.15) is 28.3 Å². The Morgan fingerprint density at radius 1 is 0.971 bits per heavy atom. The Balaban J connectivity index is 1.93. The maximum Gasteiger partial charge on any atom is 0.300 e. The smallest absolute Gasteiger partial charge is 0.300 e. The number of carbonyl (C=O) groups excluding carboxylic acids is 2. The highest BCUT2D eigenvalue weighted by atomic mass is 16.5. The van der Waals surface area contributed by atoms with Crippen LogP contribution in [0.4, 0.5) is 11.4 Å². The molecular weight excluding hydrogens is 428 g/mol. The zero-order chi connectivity index (χ0) is 24.6. The van der Waals surface area contributed by atoms with Crippen LogP contribution in [0.2, 0.25) is 0 Å². The minimum absolute atomic E-state index is 0.0700. The fourth-order valence-corrected chi connectivity index (χ4v) is 4.34. The average molecular weight is 457 g/mol. The van der Waals surface area contributed by atoms with Crippen LogP contribution in [0.25, 0.3) is 5.76 Å². The molecule has 1 heterocycles. The predicted molar refractivity (Wildman–Crippen MR) is 134 cm³/mol. The van der Waals surface area contributed by atoms with E-state index in [9.17, 15) is 14.7 Å². The van der Waals surface area contributed by atoms with Crippen molar-refractivity contribution < 1.29 is 19.4 Å². The van der Waals surface area contributed by atoms with Gasteiger partial charge in [-0.3, -0.25) is 14.5 Å². The highest BCUT2D eigenvalue weighted by Crippen LogP contribution is 2.43. The molecule has 1 fully saturated rings. The second-order valence-electron chi connectivity index (χ2n) is 8.67. The van der Waals surface area contributed by atoms with Crippen LogP contribution in [-0.4, -0.2) is 38.0 Å². The SMILES string of the molecule is COc1ccc(/C(O)=C2/C(=O)C(=O)N(c3ccc(N(C)C)cc3)C2c2cccc(C)c2)c(C)c1. The third-order valence-electron chi connectivity index (χ3n) is 6.14. The Morgan fingerprint density at radius 2 is 1.68 bits per heavy atom. The maximum atomic E-state index is 13.3. The van der Waals surface area contributed by atoms with Crippen molar-refractivity contribution in [2.45, 2.75) is 19.9 Å². The monoisotopic (exact) mass is 456 g/mol. The molecule has 34 heavy (non-hydrogen) atoms. The predicted octanol–water partition coefficient (Wildman–Crippen LogP) is 5.00. The molecule has 0 radical (unpaired) electrons. The second kappa shape index (κ2) is 9.06. The van der Waals surface area contributed by atoms with Crippen molar-refractivity contribution in [3.63, 3.8) is 0 Å². The Bertz CT molecular complexity index is 1290. The van der Waals surface area contributed by atoms with E-state index in [2.05, 4.69) is 0 Å². The number of ketones is 1. The molecule has 6 heteroatoms. The number of methoxy groups -OCH3 is 1. The van der Waals surface area contributed by atoms with E-state index in [0.29, 0.717) is 17.0 Å². The van der Waals surface area contributed by atoms with Gasteiger partial charge in [0.15, 0.2) is 0 Å². The van der Waals surface area contributed by atoms with Gasteiger partial charge >= 0.3 is 0 Å². The Hall–Kier alpha value is -4.06. The van der Waals surface area contributed by atoms with Gasteiger partial charge in [-0.1, -0.05) is 29.8 Å². The van der Waals surface area contributed by atoms with Crippen molar-refractivity contribution >= 4 is 28.8 Å². The largest absolute Gasteiger partial charge is 0.507 e. The van der Waals surface area contributed by atoms with Gasteiger partial charge in [0.2, 0.25) is 0 Å². The lowest BCUT2D eigenvalue weighted by Gasteiger charge is -2.26. The van der Waals surface area contributed by atoms with E-state index < -0.39 is 17.7 Å². The van der Waals surface area contributed by atoms with Crippen LogP contribution < -0.4 is 14.5 Å². The van der Waals surface area contributed by atoms with Gasteiger partial charge in [0.1, 0.15) is 11.5 Å². The zero-order valence-corrected chi connectivity index (χ0v) is 20.0. The Labute approximate surface area is 199 Å². The van der Waals surface area contributed by atoms with Crippen LogP contribution in [0.15, 0.2) is 72.3 Å². The van der Waals surface area contributed by atoms with E-state index in [1.165, 1.54) is 4.90 Å². The maximum absolute atomic E-state index is 13.3. The summed E-state index contributed by atoms with van der Waals surface area (Å²) in [5, 5.41) is 11.4. The van der Waals surface area contributed by atoms with Crippen molar-refractivity contribution in [3.8, 4) is 5.75 Å². The van der Waals surface area contributed by atoms with E-state index in [1.54, 1.807) is 25.3 Å². The van der Waals surface area contributed by atoms with Crippen molar-refractivity contribution in [2.24, 2.45) is 0 Å². The van der Waals surface area contributed by atoms with Crippen molar-refractivity contribution in [3.05, 3.63) is 94.6 Å². The molecule has 0 saturated carbocycles. The van der Waals surface area contributed by atoms with Gasteiger partial charge in [0.05, 0.1) is 18.7 Å². The molecule has 6 nitrogen and oxygen atoms in total. The van der Waals surface area contributed by atoms with Gasteiger partial charge in [-0.15, -0.1) is 0 Å². The Kier molecular flexibility index (Phi) is 6.16. The molecule has 0 aromatic heterocycles. The van der Waals surface area contributed by atoms with Crippen LogP contribution in [0.3, 0.4) is 0 Å². The Morgan fingerprint density at radius 3 is 2.26 bits per heavy atom. The standard InChI is InChI=1S/C28H28N2O4/c1-17-7-6-8-19(15-17)25-24(26(31)23-14-13-22(34-5)16-18(23)2)27(32)28(33)30(25)21-11-9-20(10-12-21)29(3)4/h6-16,25,31H,1-5H3/b26-24-. The molecule has 1 atom stereocenters. The second-order valence-corrected chi connectivity index (χ2v) is 8.67. The summed E-state index contributed by atoms with van der Waals surface area (Å²) in [5.41, 5.74) is 4.60. The van der Waals surface area contributed by atoms with E-state index >= 15 is 0 Å². The molecule has 0 bridgehead atoms. The molecule has 0 spiro atoms. The molecule has 1 saturated heterocycles. The quantitative estimate of drug-likeness (QED) is 0.332. The fraction of sp³-hybridized carbons (Fsp3) is 0.214. The number of hydrogen-bond donors (Lipinski definition) is 1. The van der Waals surface area contributed by atoms with E-state index in [4.69, 9.17) is 4.74 Å². The average Bonchev–Trinajstić information content (AvgIpc) is 3.09. The molecule has 4 rings (SSSR count). The summed E-state index contributed by atoms with van der Waals surface area (Å²) in [6.45, 7) is 3.78. The molecule has 1 N–H and O–H groups in total. The van der Waals surface area contributed by atoms with Gasteiger partial charge in [0, 0.05) is 31.0 Å². The van der Waals surface area contributed by atoms with Crippen LogP contribution in [-0.2, 0) is 9.59 Å². The number of rotatable bonds is 5. The number of aliphatic hydroxyl groups excluding tert-OH is 1. The number of nitrogens with zero attached hydrogens (tertiary/aromatic N) is 2. The molecule has 0 aliphatic carbocycles. The third kappa shape index (κ3) is 4.03. The zero-order valence-electron chi connectivity index (χ0n) is 20.0. The highest BCUT2D eigenvalue weighted by molar-refractivity contribution is 6.51. The van der Waals surface area contributed by atoms with Gasteiger partial charge in [0.25, 0.3) is 11.7 Å². The number of hydrogen-bond acceptors (Lipinski definition) is 5. The van der Waals surface area contributed by atoms with Crippen molar-refractivity contribution in [1.29, 1.82) is 0 Å². The van der Waals surface area contributed by atoms with Gasteiger partial charge in [-0.05, 0) is 67.4 Å². The summed E-state index contributed by atoms with van der Waals surface area (Å²) in [7, 11) is 5.44. The first-order valence-electron chi connectivity index (χ1n) is 11.0. The molecular formula is C28H28N2O4.